The predicted octanol–water partition coefficient (Wildman–Crippen LogP) is 8.63. The van der Waals surface area contributed by atoms with E-state index in [1.165, 1.54) is 55.6 Å². The van der Waals surface area contributed by atoms with E-state index in [9.17, 15) is 0 Å². The highest BCUT2D eigenvalue weighted by Gasteiger charge is 2.51. The van der Waals surface area contributed by atoms with Crippen LogP contribution in [0.25, 0.3) is 22.3 Å². The largest absolute Gasteiger partial charge is 0.0725 e. The minimum absolute atomic E-state index is 0.109. The molecule has 0 unspecified atom stereocenters. The minimum atomic E-state index is -0.245. The molecule has 0 aliphatic heterocycles. The van der Waals surface area contributed by atoms with Crippen LogP contribution < -0.4 is 0 Å². The van der Waals surface area contributed by atoms with Crippen LogP contribution >= 0.6 is 0 Å². The lowest BCUT2D eigenvalue weighted by atomic mass is 9.70. The SMILES string of the molecule is CC(C)(C)c1ccc2c(c1)-c1cc(C(C)(C)C)ccc1C21c2ccccc2-c2ccccc21. The summed E-state index contributed by atoms with van der Waals surface area (Å²) in [6, 6.07) is 32.6. The smallest absolute Gasteiger partial charge is 0.0619 e. The molecule has 33 heavy (non-hydrogen) atoms. The van der Waals surface area contributed by atoms with E-state index in [-0.39, 0.29) is 16.2 Å². The molecule has 0 atom stereocenters. The third-order valence-corrected chi connectivity index (χ3v) is 7.82. The lowest BCUT2D eigenvalue weighted by Crippen LogP contribution is -2.26. The van der Waals surface area contributed by atoms with Gasteiger partial charge in [-0.2, -0.15) is 0 Å². The molecule has 0 amide bonds. The fraction of sp³-hybridized carbons (Fsp3) is 0.273. The summed E-state index contributed by atoms with van der Waals surface area (Å²) in [5, 5.41) is 0. The molecule has 0 N–H and O–H groups in total. The molecule has 0 fully saturated rings. The molecule has 0 saturated carbocycles. The molecule has 0 bridgehead atoms. The molecule has 2 aliphatic rings. The highest BCUT2D eigenvalue weighted by atomic mass is 14.5. The van der Waals surface area contributed by atoms with Gasteiger partial charge in [-0.25, -0.2) is 0 Å². The summed E-state index contributed by atoms with van der Waals surface area (Å²) in [6.07, 6.45) is 0. The second-order valence-electron chi connectivity index (χ2n) is 11.9. The van der Waals surface area contributed by atoms with Gasteiger partial charge >= 0.3 is 0 Å². The second kappa shape index (κ2) is 6.48. The zero-order valence-electron chi connectivity index (χ0n) is 20.6. The first-order valence-corrected chi connectivity index (χ1v) is 12.1. The Morgan fingerprint density at radius 1 is 0.424 bits per heavy atom. The van der Waals surface area contributed by atoms with E-state index in [1.54, 1.807) is 0 Å². The number of benzene rings is 4. The molecule has 0 aromatic heterocycles. The number of hydrogen-bond donors (Lipinski definition) is 0. The molecule has 0 radical (unpaired) electrons. The molecular weight excluding hydrogens is 396 g/mol. The maximum Gasteiger partial charge on any atom is 0.0725 e. The van der Waals surface area contributed by atoms with Crippen molar-refractivity contribution < 1.29 is 0 Å². The summed E-state index contributed by atoms with van der Waals surface area (Å²) in [7, 11) is 0. The van der Waals surface area contributed by atoms with Crippen molar-refractivity contribution in [1.82, 2.24) is 0 Å². The Labute approximate surface area is 198 Å². The van der Waals surface area contributed by atoms with Crippen LogP contribution in [0, 0.1) is 0 Å². The molecule has 0 nitrogen and oxygen atoms in total. The van der Waals surface area contributed by atoms with Gasteiger partial charge in [-0.05, 0) is 66.5 Å². The highest BCUT2D eigenvalue weighted by Crippen LogP contribution is 2.63. The Hall–Kier alpha value is -3.12. The van der Waals surface area contributed by atoms with E-state index in [0.29, 0.717) is 0 Å². The van der Waals surface area contributed by atoms with Gasteiger partial charge in [-0.15, -0.1) is 0 Å². The fourth-order valence-corrected chi connectivity index (χ4v) is 6.08. The van der Waals surface area contributed by atoms with Gasteiger partial charge in [0.15, 0.2) is 0 Å². The third-order valence-electron chi connectivity index (χ3n) is 7.82. The Balaban J connectivity index is 1.78. The normalized spacial score (nSPS) is 15.2. The first-order chi connectivity index (χ1) is 15.6. The van der Waals surface area contributed by atoms with Gasteiger partial charge in [0.1, 0.15) is 0 Å². The lowest BCUT2D eigenvalue weighted by molar-refractivity contribution is 0.589. The molecule has 164 valence electrons. The first-order valence-electron chi connectivity index (χ1n) is 12.1. The molecule has 0 saturated heterocycles. The standard InChI is InChI=1S/C33H32/c1-31(2,3)21-15-17-29-25(19-21)26-20-22(32(4,5)6)16-18-30(26)33(29)27-13-9-7-11-23(27)24-12-8-10-14-28(24)33/h7-20H,1-6H3. The molecule has 2 aliphatic carbocycles. The lowest BCUT2D eigenvalue weighted by Gasteiger charge is -2.31. The van der Waals surface area contributed by atoms with Gasteiger partial charge in [0, 0.05) is 0 Å². The van der Waals surface area contributed by atoms with Crippen LogP contribution in [0.5, 0.6) is 0 Å². The average molecular weight is 429 g/mol. The summed E-state index contributed by atoms with van der Waals surface area (Å²) in [6.45, 7) is 13.9. The van der Waals surface area contributed by atoms with Crippen molar-refractivity contribution in [1.29, 1.82) is 0 Å². The van der Waals surface area contributed by atoms with E-state index in [1.807, 2.05) is 0 Å². The Kier molecular flexibility index (Phi) is 4.02. The second-order valence-corrected chi connectivity index (χ2v) is 11.9. The highest BCUT2D eigenvalue weighted by molar-refractivity contribution is 5.95. The predicted molar refractivity (Wildman–Crippen MR) is 140 cm³/mol. The zero-order valence-corrected chi connectivity index (χ0v) is 20.6. The Bertz CT molecular complexity index is 1310. The molecule has 4 aromatic carbocycles. The Morgan fingerprint density at radius 2 is 0.788 bits per heavy atom. The molecule has 6 rings (SSSR count). The van der Waals surface area contributed by atoms with E-state index >= 15 is 0 Å². The van der Waals surface area contributed by atoms with Gasteiger partial charge in [0.2, 0.25) is 0 Å². The molecule has 0 heteroatoms. The van der Waals surface area contributed by atoms with Gasteiger partial charge in [0.05, 0.1) is 5.41 Å². The van der Waals surface area contributed by atoms with Crippen LogP contribution in [0.4, 0.5) is 0 Å². The Morgan fingerprint density at radius 3 is 1.18 bits per heavy atom. The summed E-state index contributed by atoms with van der Waals surface area (Å²) < 4.78 is 0. The van der Waals surface area contributed by atoms with Crippen LogP contribution in [0.3, 0.4) is 0 Å². The monoisotopic (exact) mass is 428 g/mol. The minimum Gasteiger partial charge on any atom is -0.0619 e. The van der Waals surface area contributed by atoms with Crippen molar-refractivity contribution in [3.8, 4) is 22.3 Å². The maximum atomic E-state index is 2.47. The van der Waals surface area contributed by atoms with Gasteiger partial charge < -0.3 is 0 Å². The summed E-state index contributed by atoms with van der Waals surface area (Å²) in [5.74, 6) is 0. The molecule has 0 heterocycles. The van der Waals surface area contributed by atoms with Crippen molar-refractivity contribution in [3.63, 3.8) is 0 Å². The van der Waals surface area contributed by atoms with Gasteiger partial charge in [0.25, 0.3) is 0 Å². The van der Waals surface area contributed by atoms with Crippen molar-refractivity contribution >= 4 is 0 Å². The van der Waals surface area contributed by atoms with Crippen molar-refractivity contribution in [2.24, 2.45) is 0 Å². The number of hydrogen-bond acceptors (Lipinski definition) is 0. The molecular formula is C33H32. The van der Waals surface area contributed by atoms with Crippen LogP contribution in [0.2, 0.25) is 0 Å². The number of fused-ring (bicyclic) bond motifs is 10. The van der Waals surface area contributed by atoms with Crippen LogP contribution in [0.15, 0.2) is 84.9 Å². The summed E-state index contributed by atoms with van der Waals surface area (Å²) in [4.78, 5) is 0. The zero-order chi connectivity index (χ0) is 23.2. The quantitative estimate of drug-likeness (QED) is 0.227. The van der Waals surface area contributed by atoms with E-state index in [0.717, 1.165) is 0 Å². The summed E-state index contributed by atoms with van der Waals surface area (Å²) >= 11 is 0. The molecule has 1 spiro atoms. The van der Waals surface area contributed by atoms with Crippen LogP contribution in [0.1, 0.15) is 74.9 Å². The third kappa shape index (κ3) is 2.64. The maximum absolute atomic E-state index is 2.47. The van der Waals surface area contributed by atoms with Crippen molar-refractivity contribution in [2.45, 2.75) is 57.8 Å². The first kappa shape index (κ1) is 20.5. The van der Waals surface area contributed by atoms with Crippen LogP contribution in [-0.4, -0.2) is 0 Å². The van der Waals surface area contributed by atoms with Crippen molar-refractivity contribution in [2.75, 3.05) is 0 Å². The summed E-state index contributed by atoms with van der Waals surface area (Å²) in [5.41, 5.74) is 14.0. The topological polar surface area (TPSA) is 0 Å². The number of rotatable bonds is 0. The van der Waals surface area contributed by atoms with Crippen LogP contribution in [-0.2, 0) is 16.2 Å². The van der Waals surface area contributed by atoms with E-state index < -0.39 is 0 Å². The van der Waals surface area contributed by atoms with Gasteiger partial charge in [-0.1, -0.05) is 126 Å². The van der Waals surface area contributed by atoms with Crippen molar-refractivity contribution in [3.05, 3.63) is 118 Å². The average Bonchev–Trinajstić information content (AvgIpc) is 3.24. The van der Waals surface area contributed by atoms with E-state index in [2.05, 4.69) is 126 Å². The van der Waals surface area contributed by atoms with Gasteiger partial charge in [-0.3, -0.25) is 0 Å². The molecule has 4 aromatic rings. The fourth-order valence-electron chi connectivity index (χ4n) is 6.08. The van der Waals surface area contributed by atoms with E-state index in [4.69, 9.17) is 0 Å².